The van der Waals surface area contributed by atoms with Gasteiger partial charge in [-0.05, 0) is 42.2 Å². The van der Waals surface area contributed by atoms with E-state index in [0.717, 1.165) is 37.5 Å². The van der Waals surface area contributed by atoms with Gasteiger partial charge in [-0.3, -0.25) is 19.5 Å². The van der Waals surface area contributed by atoms with Crippen molar-refractivity contribution in [1.82, 2.24) is 19.4 Å². The van der Waals surface area contributed by atoms with Crippen molar-refractivity contribution in [2.45, 2.75) is 25.4 Å². The van der Waals surface area contributed by atoms with Crippen molar-refractivity contribution in [2.75, 3.05) is 25.5 Å². The van der Waals surface area contributed by atoms with Gasteiger partial charge >= 0.3 is 0 Å². The lowest BCUT2D eigenvalue weighted by Gasteiger charge is -2.43. The van der Waals surface area contributed by atoms with Crippen LogP contribution in [-0.2, 0) is 13.1 Å². The van der Waals surface area contributed by atoms with E-state index in [1.807, 2.05) is 22.8 Å². The van der Waals surface area contributed by atoms with Crippen LogP contribution in [0.3, 0.4) is 0 Å². The maximum atomic E-state index is 13.1. The van der Waals surface area contributed by atoms with Gasteiger partial charge in [-0.2, -0.15) is 0 Å². The van der Waals surface area contributed by atoms with Gasteiger partial charge in [-0.25, -0.2) is 4.98 Å². The quantitative estimate of drug-likeness (QED) is 0.668. The summed E-state index contributed by atoms with van der Waals surface area (Å²) in [6.45, 7) is 3.41. The molecule has 0 aliphatic carbocycles. The van der Waals surface area contributed by atoms with E-state index in [4.69, 9.17) is 4.74 Å². The highest BCUT2D eigenvalue weighted by atomic mass is 16.5. The fourth-order valence-electron chi connectivity index (χ4n) is 4.86. The monoisotopic (exact) mass is 431 g/mol. The smallest absolute Gasteiger partial charge is 0.276 e. The minimum absolute atomic E-state index is 0.155. The second-order valence-electron chi connectivity index (χ2n) is 8.47. The Labute approximate surface area is 185 Å². The van der Waals surface area contributed by atoms with Gasteiger partial charge in [-0.1, -0.05) is 12.1 Å². The fourth-order valence-corrected chi connectivity index (χ4v) is 4.86. The number of methoxy groups -OCH3 is 1. The maximum Gasteiger partial charge on any atom is 0.276 e. The first kappa shape index (κ1) is 20.4. The molecule has 2 aliphatic heterocycles. The Balaban J connectivity index is 1.33. The minimum Gasteiger partial charge on any atom is -0.497 e. The van der Waals surface area contributed by atoms with Crippen LogP contribution in [0, 0.1) is 5.92 Å². The van der Waals surface area contributed by atoms with E-state index in [1.165, 1.54) is 24.2 Å². The fraction of sp³-hybridized carbons (Fsp3) is 0.333. The predicted molar refractivity (Wildman–Crippen MR) is 120 cm³/mol. The first-order valence-corrected chi connectivity index (χ1v) is 10.8. The number of nitrogens with zero attached hydrogens (tertiary/aromatic N) is 4. The molecule has 4 heterocycles. The van der Waals surface area contributed by atoms with Crippen LogP contribution in [0.1, 0.15) is 34.1 Å². The van der Waals surface area contributed by atoms with E-state index >= 15 is 0 Å². The molecule has 2 bridgehead atoms. The Hall–Kier alpha value is -3.52. The first-order chi connectivity index (χ1) is 15.6. The molecule has 3 aromatic rings. The van der Waals surface area contributed by atoms with Crippen molar-refractivity contribution in [3.05, 3.63) is 82.3 Å². The summed E-state index contributed by atoms with van der Waals surface area (Å²) in [4.78, 5) is 35.9. The van der Waals surface area contributed by atoms with E-state index in [1.54, 1.807) is 13.2 Å². The van der Waals surface area contributed by atoms with Crippen molar-refractivity contribution >= 4 is 11.6 Å². The van der Waals surface area contributed by atoms with Crippen LogP contribution in [0.25, 0.3) is 0 Å². The van der Waals surface area contributed by atoms with Gasteiger partial charge in [0.2, 0.25) is 0 Å². The zero-order valence-corrected chi connectivity index (χ0v) is 17.9. The predicted octanol–water partition coefficient (Wildman–Crippen LogP) is 2.52. The molecule has 1 saturated heterocycles. The van der Waals surface area contributed by atoms with Crippen LogP contribution in [0.4, 0.5) is 5.69 Å². The molecule has 2 unspecified atom stereocenters. The lowest BCUT2D eigenvalue weighted by molar-refractivity contribution is 0.102. The number of ether oxygens (including phenoxy) is 1. The first-order valence-electron chi connectivity index (χ1n) is 10.8. The summed E-state index contributed by atoms with van der Waals surface area (Å²) in [7, 11) is 1.67. The standard InChI is InChI=1S/C24H25N5O3/c1-32-19-4-2-16(3-5-19)12-28-13-17-10-18(15-28)22-7-6-20(24(31)29(22)14-17)27-23(30)21-11-25-8-9-26-21/h2-9,11,17-18H,10,12-15H2,1H3,(H,27,30). The molecule has 1 fully saturated rings. The number of hydrogen-bond donors (Lipinski definition) is 1. The molecule has 1 aromatic carbocycles. The van der Waals surface area contributed by atoms with E-state index in [0.29, 0.717) is 18.4 Å². The van der Waals surface area contributed by atoms with E-state index in [9.17, 15) is 9.59 Å². The summed E-state index contributed by atoms with van der Waals surface area (Å²) >= 11 is 0. The van der Waals surface area contributed by atoms with Gasteiger partial charge in [0.1, 0.15) is 17.1 Å². The van der Waals surface area contributed by atoms with Crippen LogP contribution >= 0.6 is 0 Å². The highest BCUT2D eigenvalue weighted by Crippen LogP contribution is 2.36. The molecule has 1 amide bonds. The van der Waals surface area contributed by atoms with E-state index in [2.05, 4.69) is 32.3 Å². The number of piperidine rings is 1. The number of anilines is 1. The molecule has 2 aliphatic rings. The van der Waals surface area contributed by atoms with Gasteiger partial charge in [0.05, 0.1) is 13.3 Å². The number of pyridine rings is 1. The van der Waals surface area contributed by atoms with Crippen LogP contribution in [0.5, 0.6) is 5.75 Å². The van der Waals surface area contributed by atoms with Crippen LogP contribution in [0.2, 0.25) is 0 Å². The number of carbonyl (C=O) groups excluding carboxylic acids is 1. The van der Waals surface area contributed by atoms with Crippen LogP contribution in [0.15, 0.2) is 59.8 Å². The summed E-state index contributed by atoms with van der Waals surface area (Å²) in [6.07, 6.45) is 5.42. The largest absolute Gasteiger partial charge is 0.497 e. The normalized spacial score (nSPS) is 19.8. The van der Waals surface area contributed by atoms with Crippen molar-refractivity contribution in [1.29, 1.82) is 0 Å². The number of hydrogen-bond acceptors (Lipinski definition) is 6. The number of fused-ring (bicyclic) bond motifs is 4. The summed E-state index contributed by atoms with van der Waals surface area (Å²) < 4.78 is 7.09. The summed E-state index contributed by atoms with van der Waals surface area (Å²) in [5, 5.41) is 2.70. The van der Waals surface area contributed by atoms with E-state index in [-0.39, 0.29) is 16.9 Å². The summed E-state index contributed by atoms with van der Waals surface area (Å²) in [6, 6.07) is 11.9. The Morgan fingerprint density at radius 1 is 1.12 bits per heavy atom. The molecular formula is C24H25N5O3. The average Bonchev–Trinajstić information content (AvgIpc) is 2.82. The lowest BCUT2D eigenvalue weighted by atomic mass is 9.83. The Morgan fingerprint density at radius 3 is 2.72 bits per heavy atom. The highest BCUT2D eigenvalue weighted by Gasteiger charge is 2.35. The number of carbonyl (C=O) groups is 1. The number of likely N-dealkylation sites (tertiary alicyclic amines) is 1. The van der Waals surface area contributed by atoms with Crippen LogP contribution < -0.4 is 15.6 Å². The molecule has 0 radical (unpaired) electrons. The zero-order valence-electron chi connectivity index (χ0n) is 17.9. The van der Waals surface area contributed by atoms with E-state index < -0.39 is 5.91 Å². The second kappa shape index (κ2) is 8.55. The molecular weight excluding hydrogens is 406 g/mol. The van der Waals surface area contributed by atoms with Gasteiger partial charge in [0.25, 0.3) is 11.5 Å². The topological polar surface area (TPSA) is 89.3 Å². The third-order valence-electron chi connectivity index (χ3n) is 6.29. The Morgan fingerprint density at radius 2 is 1.97 bits per heavy atom. The minimum atomic E-state index is -0.433. The SMILES string of the molecule is COc1ccc(CN2CC3CC(C2)c2ccc(NC(=O)c4cnccn4)c(=O)n2C3)cc1. The van der Waals surface area contributed by atoms with Crippen LogP contribution in [-0.4, -0.2) is 45.5 Å². The van der Waals surface area contributed by atoms with Gasteiger partial charge in [-0.15, -0.1) is 0 Å². The molecule has 164 valence electrons. The molecule has 5 rings (SSSR count). The highest BCUT2D eigenvalue weighted by molar-refractivity contribution is 6.02. The number of rotatable bonds is 5. The average molecular weight is 431 g/mol. The number of benzene rings is 1. The number of amides is 1. The van der Waals surface area contributed by atoms with Crippen molar-refractivity contribution < 1.29 is 9.53 Å². The van der Waals surface area contributed by atoms with Gasteiger partial charge < -0.3 is 14.6 Å². The zero-order chi connectivity index (χ0) is 22.1. The Bertz CT molecular complexity index is 1180. The third kappa shape index (κ3) is 4.01. The molecule has 0 saturated carbocycles. The molecule has 1 N–H and O–H groups in total. The second-order valence-corrected chi connectivity index (χ2v) is 8.47. The lowest BCUT2D eigenvalue weighted by Crippen LogP contribution is -2.47. The molecule has 2 aromatic heterocycles. The molecule has 32 heavy (non-hydrogen) atoms. The maximum absolute atomic E-state index is 13.1. The summed E-state index contributed by atoms with van der Waals surface area (Å²) in [5.74, 6) is 1.14. The summed E-state index contributed by atoms with van der Waals surface area (Å²) in [5.41, 5.74) is 2.60. The van der Waals surface area contributed by atoms with Gasteiger partial charge in [0, 0.05) is 50.2 Å². The number of nitrogens with one attached hydrogen (secondary N) is 1. The molecule has 0 spiro atoms. The Kier molecular flexibility index (Phi) is 5.45. The molecule has 2 atom stereocenters. The van der Waals surface area contributed by atoms with Crippen molar-refractivity contribution in [3.8, 4) is 5.75 Å². The van der Waals surface area contributed by atoms with Crippen molar-refractivity contribution in [2.24, 2.45) is 5.92 Å². The molecule has 8 heteroatoms. The van der Waals surface area contributed by atoms with Crippen molar-refractivity contribution in [3.63, 3.8) is 0 Å². The van der Waals surface area contributed by atoms with Gasteiger partial charge in [0.15, 0.2) is 0 Å². The third-order valence-corrected chi connectivity index (χ3v) is 6.29. The molecule has 8 nitrogen and oxygen atoms in total. The number of aromatic nitrogens is 3.